The summed E-state index contributed by atoms with van der Waals surface area (Å²) in [6.07, 6.45) is 4.02. The summed E-state index contributed by atoms with van der Waals surface area (Å²) in [6.45, 7) is 0. The highest BCUT2D eigenvalue weighted by Crippen LogP contribution is 1.84. The second-order valence-corrected chi connectivity index (χ2v) is 3.97. The fourth-order valence-corrected chi connectivity index (χ4v) is 0.884. The Balaban J connectivity index is 3.25. The van der Waals surface area contributed by atoms with E-state index in [2.05, 4.69) is 4.74 Å². The van der Waals surface area contributed by atoms with Crippen LogP contribution in [0, 0.1) is 0 Å². The van der Waals surface area contributed by atoms with Crippen LogP contribution in [0.15, 0.2) is 0 Å². The number of esters is 1. The van der Waals surface area contributed by atoms with E-state index in [1.807, 2.05) is 12.5 Å². The van der Waals surface area contributed by atoms with Gasteiger partial charge in [-0.1, -0.05) is 0 Å². The Kier molecular flexibility index (Phi) is 3.69. The van der Waals surface area contributed by atoms with Gasteiger partial charge < -0.3 is 4.74 Å². The summed E-state index contributed by atoms with van der Waals surface area (Å²) in [5.41, 5.74) is 0. The van der Waals surface area contributed by atoms with Gasteiger partial charge >= 0.3 is 5.97 Å². The molecule has 8 heavy (non-hydrogen) atoms. The Morgan fingerprint density at radius 1 is 1.62 bits per heavy atom. The molecule has 2 nitrogen and oxygen atoms in total. The number of hydrogen-bond donors (Lipinski definition) is 0. The van der Waals surface area contributed by atoms with Crippen LogP contribution in [-0.4, -0.2) is 31.3 Å². The Bertz CT molecular complexity index is 80.5. The predicted molar refractivity (Wildman–Crippen MR) is 36.1 cm³/mol. The second-order valence-electron chi connectivity index (χ2n) is 1.71. The molecule has 0 saturated carbocycles. The SMILES string of the molecule is COC(=O)C[S+](C)C. The van der Waals surface area contributed by atoms with Gasteiger partial charge in [0, 0.05) is 0 Å². The number of hydrogen-bond acceptors (Lipinski definition) is 2. The molecular weight excluding hydrogens is 124 g/mol. The van der Waals surface area contributed by atoms with E-state index in [4.69, 9.17) is 0 Å². The zero-order valence-electron chi connectivity index (χ0n) is 5.43. The van der Waals surface area contributed by atoms with Crippen LogP contribution in [-0.2, 0) is 20.4 Å². The van der Waals surface area contributed by atoms with Gasteiger partial charge in [-0.2, -0.15) is 0 Å². The van der Waals surface area contributed by atoms with Crippen molar-refractivity contribution in [3.63, 3.8) is 0 Å². The third kappa shape index (κ3) is 3.99. The van der Waals surface area contributed by atoms with Gasteiger partial charge in [-0.25, -0.2) is 4.79 Å². The highest BCUT2D eigenvalue weighted by molar-refractivity contribution is 7.96. The standard InChI is InChI=1S/C5H11O2S/c1-7-5(6)4-8(2)3/h4H2,1-3H3/q+1. The number of rotatable bonds is 2. The minimum atomic E-state index is -0.113. The quantitative estimate of drug-likeness (QED) is 0.394. The van der Waals surface area contributed by atoms with Gasteiger partial charge in [0.2, 0.25) is 5.75 Å². The van der Waals surface area contributed by atoms with Gasteiger partial charge in [0.1, 0.15) is 0 Å². The van der Waals surface area contributed by atoms with Crippen molar-refractivity contribution in [3.05, 3.63) is 0 Å². The van der Waals surface area contributed by atoms with E-state index in [1.165, 1.54) is 7.11 Å². The molecule has 48 valence electrons. The first-order valence-corrected chi connectivity index (χ1v) is 4.49. The van der Waals surface area contributed by atoms with E-state index in [0.717, 1.165) is 0 Å². The first-order valence-electron chi connectivity index (χ1n) is 2.28. The maximum Gasteiger partial charge on any atom is 0.355 e. The lowest BCUT2D eigenvalue weighted by molar-refractivity contribution is -0.137. The molecule has 0 aliphatic heterocycles. The minimum absolute atomic E-state index is 0.113. The topological polar surface area (TPSA) is 26.3 Å². The summed E-state index contributed by atoms with van der Waals surface area (Å²) in [4.78, 5) is 10.4. The molecule has 0 fully saturated rings. The molecule has 0 heterocycles. The molecule has 0 atom stereocenters. The second kappa shape index (κ2) is 3.78. The molecule has 0 spiro atoms. The Morgan fingerprint density at radius 2 is 2.12 bits per heavy atom. The summed E-state index contributed by atoms with van der Waals surface area (Å²) in [5, 5.41) is 0. The van der Waals surface area contributed by atoms with Crippen molar-refractivity contribution in [2.24, 2.45) is 0 Å². The zero-order valence-corrected chi connectivity index (χ0v) is 6.25. The van der Waals surface area contributed by atoms with E-state index >= 15 is 0 Å². The molecule has 0 amide bonds. The molecular formula is C5H11O2S+. The molecule has 0 aromatic heterocycles. The average Bonchev–Trinajstić information content (AvgIpc) is 1.65. The summed E-state index contributed by atoms with van der Waals surface area (Å²) in [7, 11) is 1.59. The highest BCUT2D eigenvalue weighted by Gasteiger charge is 2.09. The van der Waals surface area contributed by atoms with Crippen molar-refractivity contribution >= 4 is 16.9 Å². The van der Waals surface area contributed by atoms with E-state index in [1.54, 1.807) is 0 Å². The van der Waals surface area contributed by atoms with Gasteiger partial charge in [0.15, 0.2) is 0 Å². The Labute approximate surface area is 52.6 Å². The first kappa shape index (κ1) is 7.82. The van der Waals surface area contributed by atoms with Crippen molar-refractivity contribution in [2.75, 3.05) is 25.4 Å². The number of carbonyl (C=O) groups is 1. The maximum atomic E-state index is 10.4. The van der Waals surface area contributed by atoms with Crippen LogP contribution < -0.4 is 0 Å². The largest absolute Gasteiger partial charge is 0.466 e. The highest BCUT2D eigenvalue weighted by atomic mass is 32.2. The predicted octanol–water partition coefficient (Wildman–Crippen LogP) is 0.0373. The molecule has 0 N–H and O–H groups in total. The monoisotopic (exact) mass is 135 g/mol. The van der Waals surface area contributed by atoms with Gasteiger partial charge in [-0.05, 0) is 10.9 Å². The van der Waals surface area contributed by atoms with Crippen LogP contribution in [0.1, 0.15) is 0 Å². The van der Waals surface area contributed by atoms with Crippen LogP contribution in [0.2, 0.25) is 0 Å². The summed E-state index contributed by atoms with van der Waals surface area (Å²) in [6, 6.07) is 0. The van der Waals surface area contributed by atoms with Crippen molar-refractivity contribution < 1.29 is 9.53 Å². The summed E-state index contributed by atoms with van der Waals surface area (Å²) in [5.74, 6) is 0.439. The number of carbonyl (C=O) groups excluding carboxylic acids is 1. The smallest absolute Gasteiger partial charge is 0.355 e. The van der Waals surface area contributed by atoms with Crippen LogP contribution in [0.3, 0.4) is 0 Å². The fourth-order valence-electron chi connectivity index (χ4n) is 0.295. The van der Waals surface area contributed by atoms with Gasteiger partial charge in [-0.3, -0.25) is 0 Å². The van der Waals surface area contributed by atoms with Crippen molar-refractivity contribution in [2.45, 2.75) is 0 Å². The van der Waals surface area contributed by atoms with Gasteiger partial charge in [0.05, 0.1) is 19.6 Å². The Morgan fingerprint density at radius 3 is 2.25 bits per heavy atom. The van der Waals surface area contributed by atoms with Crippen molar-refractivity contribution in [1.82, 2.24) is 0 Å². The van der Waals surface area contributed by atoms with Gasteiger partial charge in [0.25, 0.3) is 0 Å². The van der Waals surface area contributed by atoms with E-state index < -0.39 is 0 Å². The summed E-state index contributed by atoms with van der Waals surface area (Å²) < 4.78 is 4.43. The van der Waals surface area contributed by atoms with E-state index in [-0.39, 0.29) is 16.9 Å². The Hall–Kier alpha value is -0.180. The van der Waals surface area contributed by atoms with Crippen molar-refractivity contribution in [1.29, 1.82) is 0 Å². The molecule has 0 bridgehead atoms. The zero-order chi connectivity index (χ0) is 6.57. The van der Waals surface area contributed by atoms with E-state index in [9.17, 15) is 4.79 Å². The molecule has 3 heteroatoms. The van der Waals surface area contributed by atoms with E-state index in [0.29, 0.717) is 5.75 Å². The maximum absolute atomic E-state index is 10.4. The third-order valence-corrected chi connectivity index (χ3v) is 1.45. The van der Waals surface area contributed by atoms with Crippen LogP contribution in [0.5, 0.6) is 0 Å². The van der Waals surface area contributed by atoms with Gasteiger partial charge in [-0.15, -0.1) is 0 Å². The minimum Gasteiger partial charge on any atom is -0.466 e. The van der Waals surface area contributed by atoms with Crippen LogP contribution in [0.4, 0.5) is 0 Å². The molecule has 0 radical (unpaired) electrons. The number of methoxy groups -OCH3 is 1. The molecule has 0 unspecified atom stereocenters. The lowest BCUT2D eigenvalue weighted by Crippen LogP contribution is -2.14. The van der Waals surface area contributed by atoms with Crippen LogP contribution >= 0.6 is 0 Å². The molecule has 0 aromatic rings. The number of ether oxygens (including phenoxy) is 1. The molecule has 0 saturated heterocycles. The normalized spacial score (nSPS) is 9.50. The molecule has 0 aliphatic rings. The first-order chi connectivity index (χ1) is 3.66. The fraction of sp³-hybridized carbons (Fsp3) is 0.800. The molecule has 0 aliphatic carbocycles. The average molecular weight is 135 g/mol. The lowest BCUT2D eigenvalue weighted by Gasteiger charge is -1.93. The summed E-state index contributed by atoms with van der Waals surface area (Å²) >= 11 is 0. The van der Waals surface area contributed by atoms with Crippen molar-refractivity contribution in [3.8, 4) is 0 Å². The van der Waals surface area contributed by atoms with Crippen LogP contribution in [0.25, 0.3) is 0 Å². The molecule has 0 aromatic carbocycles. The lowest BCUT2D eigenvalue weighted by atomic mass is 10.8. The molecule has 0 rings (SSSR count). The third-order valence-electron chi connectivity index (χ3n) is 0.634.